The molecule has 2 heterocycles. The van der Waals surface area contributed by atoms with E-state index in [9.17, 15) is 14.9 Å². The minimum atomic E-state index is -0.420. The first kappa shape index (κ1) is 28.9. The standard InChI is InChI=1S/C32H30BrN5O4/c1-4-5-6-31-35-30-16-9-25(33)18-29(30)32(39)37(31)34-19-24-17-21(2)36(22(24)3)26-12-14-28(15-13-26)42-20-23-7-10-27(11-8-23)38(40)41/h7-19H,4-6,20H2,1-3H3. The van der Waals surface area contributed by atoms with Crippen molar-refractivity contribution in [3.63, 3.8) is 0 Å². The third-order valence-electron chi connectivity index (χ3n) is 7.06. The second-order valence-corrected chi connectivity index (χ2v) is 10.9. The molecule has 0 aliphatic carbocycles. The summed E-state index contributed by atoms with van der Waals surface area (Å²) in [6.07, 6.45) is 4.28. The lowest BCUT2D eigenvalue weighted by Gasteiger charge is -2.12. The van der Waals surface area contributed by atoms with Crippen LogP contribution in [0.25, 0.3) is 16.6 Å². The first-order valence-electron chi connectivity index (χ1n) is 13.7. The summed E-state index contributed by atoms with van der Waals surface area (Å²) in [5.74, 6) is 1.34. The maximum Gasteiger partial charge on any atom is 0.282 e. The lowest BCUT2D eigenvalue weighted by Crippen LogP contribution is -2.22. The first-order chi connectivity index (χ1) is 20.2. The molecule has 0 radical (unpaired) electrons. The number of nitro benzene ring substituents is 1. The number of aryl methyl sites for hydroxylation is 2. The zero-order valence-electron chi connectivity index (χ0n) is 23.6. The van der Waals surface area contributed by atoms with Gasteiger partial charge in [-0.05, 0) is 86.5 Å². The highest BCUT2D eigenvalue weighted by atomic mass is 79.9. The van der Waals surface area contributed by atoms with Gasteiger partial charge in [-0.2, -0.15) is 9.78 Å². The average Bonchev–Trinajstić information content (AvgIpc) is 3.27. The topological polar surface area (TPSA) is 105 Å². The Hall–Kier alpha value is -4.57. The van der Waals surface area contributed by atoms with Crippen LogP contribution in [-0.4, -0.2) is 25.4 Å². The summed E-state index contributed by atoms with van der Waals surface area (Å²) in [5, 5.41) is 16.0. The van der Waals surface area contributed by atoms with Crippen molar-refractivity contribution in [3.8, 4) is 11.4 Å². The third kappa shape index (κ3) is 6.18. The quantitative estimate of drug-likeness (QED) is 0.0919. The van der Waals surface area contributed by atoms with Gasteiger partial charge in [-0.25, -0.2) is 4.98 Å². The van der Waals surface area contributed by atoms with E-state index in [-0.39, 0.29) is 11.2 Å². The Kier molecular flexibility index (Phi) is 8.63. The van der Waals surface area contributed by atoms with Gasteiger partial charge in [-0.1, -0.05) is 29.3 Å². The van der Waals surface area contributed by atoms with Gasteiger partial charge in [-0.3, -0.25) is 14.9 Å². The molecular weight excluding hydrogens is 598 g/mol. The molecule has 10 heteroatoms. The molecule has 5 rings (SSSR count). The highest BCUT2D eigenvalue weighted by molar-refractivity contribution is 9.10. The summed E-state index contributed by atoms with van der Waals surface area (Å²) in [4.78, 5) is 28.6. The minimum absolute atomic E-state index is 0.0520. The normalized spacial score (nSPS) is 11.4. The molecule has 0 saturated carbocycles. The van der Waals surface area contributed by atoms with Gasteiger partial charge >= 0.3 is 0 Å². The van der Waals surface area contributed by atoms with Crippen LogP contribution in [0.4, 0.5) is 5.69 Å². The van der Waals surface area contributed by atoms with Crippen molar-refractivity contribution in [2.45, 2.75) is 46.6 Å². The van der Waals surface area contributed by atoms with E-state index >= 15 is 0 Å². The van der Waals surface area contributed by atoms with E-state index in [0.717, 1.165) is 45.5 Å². The number of non-ortho nitro benzene ring substituents is 1. The van der Waals surface area contributed by atoms with E-state index in [1.54, 1.807) is 24.4 Å². The highest BCUT2D eigenvalue weighted by Gasteiger charge is 2.13. The van der Waals surface area contributed by atoms with E-state index < -0.39 is 4.92 Å². The Morgan fingerprint density at radius 1 is 1.05 bits per heavy atom. The van der Waals surface area contributed by atoms with E-state index in [1.165, 1.54) is 16.8 Å². The molecule has 9 nitrogen and oxygen atoms in total. The van der Waals surface area contributed by atoms with Crippen LogP contribution in [0.1, 0.15) is 48.1 Å². The Balaban J connectivity index is 1.38. The van der Waals surface area contributed by atoms with Crippen LogP contribution < -0.4 is 10.3 Å². The second kappa shape index (κ2) is 12.5. The molecule has 0 saturated heterocycles. The zero-order chi connectivity index (χ0) is 29.8. The largest absolute Gasteiger partial charge is 0.489 e. The molecule has 0 aliphatic heterocycles. The van der Waals surface area contributed by atoms with Gasteiger partial charge in [0, 0.05) is 45.7 Å². The van der Waals surface area contributed by atoms with Crippen LogP contribution in [0.3, 0.4) is 0 Å². The number of nitrogens with zero attached hydrogens (tertiary/aromatic N) is 5. The lowest BCUT2D eigenvalue weighted by atomic mass is 10.2. The summed E-state index contributed by atoms with van der Waals surface area (Å²) in [6, 6.07) is 21.6. The van der Waals surface area contributed by atoms with Crippen molar-refractivity contribution in [1.29, 1.82) is 0 Å². The van der Waals surface area contributed by atoms with E-state index in [4.69, 9.17) is 9.72 Å². The maximum absolute atomic E-state index is 13.4. The predicted molar refractivity (Wildman–Crippen MR) is 168 cm³/mol. The zero-order valence-corrected chi connectivity index (χ0v) is 25.2. The summed E-state index contributed by atoms with van der Waals surface area (Å²) in [5.41, 5.74) is 5.23. The van der Waals surface area contributed by atoms with Gasteiger partial charge in [0.15, 0.2) is 0 Å². The smallest absolute Gasteiger partial charge is 0.282 e. The van der Waals surface area contributed by atoms with Crippen LogP contribution >= 0.6 is 15.9 Å². The van der Waals surface area contributed by atoms with Crippen LogP contribution in [0.15, 0.2) is 87.2 Å². The van der Waals surface area contributed by atoms with Gasteiger partial charge in [0.1, 0.15) is 18.2 Å². The van der Waals surface area contributed by atoms with Gasteiger partial charge in [0.25, 0.3) is 11.2 Å². The molecule has 0 unspecified atom stereocenters. The van der Waals surface area contributed by atoms with Gasteiger partial charge in [0.05, 0.1) is 22.0 Å². The molecule has 42 heavy (non-hydrogen) atoms. The van der Waals surface area contributed by atoms with Crippen LogP contribution in [-0.2, 0) is 13.0 Å². The number of hydrogen-bond donors (Lipinski definition) is 0. The van der Waals surface area contributed by atoms with Crippen LogP contribution in [0.5, 0.6) is 5.75 Å². The summed E-state index contributed by atoms with van der Waals surface area (Å²) >= 11 is 3.45. The maximum atomic E-state index is 13.4. The molecule has 0 aliphatic rings. The van der Waals surface area contributed by atoms with Crippen molar-refractivity contribution in [3.05, 3.63) is 126 Å². The van der Waals surface area contributed by atoms with Crippen molar-refractivity contribution in [2.75, 3.05) is 0 Å². The summed E-state index contributed by atoms with van der Waals surface area (Å²) in [7, 11) is 0. The lowest BCUT2D eigenvalue weighted by molar-refractivity contribution is -0.384. The number of unbranched alkanes of at least 4 members (excludes halogenated alkanes) is 1. The van der Waals surface area contributed by atoms with Crippen molar-refractivity contribution < 1.29 is 9.66 Å². The highest BCUT2D eigenvalue weighted by Crippen LogP contribution is 2.23. The number of rotatable bonds is 10. The molecule has 214 valence electrons. The minimum Gasteiger partial charge on any atom is -0.489 e. The predicted octanol–water partition coefficient (Wildman–Crippen LogP) is 7.28. The molecule has 0 atom stereocenters. The Bertz CT molecular complexity index is 1840. The van der Waals surface area contributed by atoms with Gasteiger partial charge in [-0.15, -0.1) is 0 Å². The molecule has 0 N–H and O–H groups in total. The number of fused-ring (bicyclic) bond motifs is 1. The van der Waals surface area contributed by atoms with Crippen molar-refractivity contribution in [1.82, 2.24) is 14.2 Å². The van der Waals surface area contributed by atoms with E-state index in [0.29, 0.717) is 35.5 Å². The molecule has 0 spiro atoms. The second-order valence-electron chi connectivity index (χ2n) is 10.0. The van der Waals surface area contributed by atoms with E-state index in [2.05, 4.69) is 32.5 Å². The van der Waals surface area contributed by atoms with Gasteiger partial charge < -0.3 is 9.30 Å². The Labute approximate surface area is 251 Å². The Morgan fingerprint density at radius 2 is 1.79 bits per heavy atom. The molecule has 2 aromatic heterocycles. The van der Waals surface area contributed by atoms with Crippen LogP contribution in [0, 0.1) is 24.0 Å². The van der Waals surface area contributed by atoms with Crippen LogP contribution in [0.2, 0.25) is 0 Å². The average molecular weight is 629 g/mol. The van der Waals surface area contributed by atoms with Crippen molar-refractivity contribution >= 4 is 38.7 Å². The molecule has 3 aromatic carbocycles. The number of halogens is 1. The molecule has 0 amide bonds. The third-order valence-corrected chi connectivity index (χ3v) is 7.55. The monoisotopic (exact) mass is 627 g/mol. The fourth-order valence-electron chi connectivity index (χ4n) is 4.82. The number of benzene rings is 3. The molecule has 5 aromatic rings. The number of ether oxygens (including phenoxy) is 1. The van der Waals surface area contributed by atoms with Gasteiger partial charge in [0.2, 0.25) is 0 Å². The molecular formula is C32H30BrN5O4. The van der Waals surface area contributed by atoms with E-state index in [1.807, 2.05) is 56.3 Å². The SMILES string of the molecule is CCCCc1nc2ccc(Br)cc2c(=O)n1N=Cc1cc(C)n(-c2ccc(OCc3ccc([N+](=O)[O-])cc3)cc2)c1C. The Morgan fingerprint density at radius 3 is 2.48 bits per heavy atom. The summed E-state index contributed by atoms with van der Waals surface area (Å²) in [6.45, 7) is 6.46. The number of nitro groups is 1. The number of aromatic nitrogens is 3. The fourth-order valence-corrected chi connectivity index (χ4v) is 5.18. The molecule has 0 fully saturated rings. The first-order valence-corrected chi connectivity index (χ1v) is 14.5. The van der Waals surface area contributed by atoms with Crippen molar-refractivity contribution in [2.24, 2.45) is 5.10 Å². The summed E-state index contributed by atoms with van der Waals surface area (Å²) < 4.78 is 10.2. The fraction of sp³-hybridized carbons (Fsp3) is 0.219. The number of hydrogen-bond acceptors (Lipinski definition) is 6. The molecule has 0 bridgehead atoms.